The van der Waals surface area contributed by atoms with Crippen LogP contribution in [0.15, 0.2) is 30.5 Å². The first kappa shape index (κ1) is 17.8. The minimum atomic E-state index is -0.250. The fourth-order valence-electron chi connectivity index (χ4n) is 3.80. The molecule has 2 aliphatic heterocycles. The van der Waals surface area contributed by atoms with Gasteiger partial charge in [0.25, 0.3) is 0 Å². The monoisotopic (exact) mass is 384 g/mol. The molecule has 1 aromatic heterocycles. The third-order valence-electron chi connectivity index (χ3n) is 5.36. The van der Waals surface area contributed by atoms with Gasteiger partial charge in [0, 0.05) is 18.4 Å². The molecule has 0 aliphatic carbocycles. The standard InChI is InChI=1S/C20H21ClN4O2/c1-12-5-3-6-15(13(12)2)23-18(26)11-25-17-9-14(21)10-22-19(17)24-8-4-7-16(24)20(25)27/h3,5-6,9-10,16H,4,7-8,11H2,1-2H3,(H,23,26). The molecule has 4 rings (SSSR count). The number of halogens is 1. The molecule has 0 bridgehead atoms. The first-order chi connectivity index (χ1) is 13.0. The molecule has 3 heterocycles. The van der Waals surface area contributed by atoms with E-state index in [1.807, 2.05) is 36.9 Å². The molecule has 1 saturated heterocycles. The maximum Gasteiger partial charge on any atom is 0.250 e. The lowest BCUT2D eigenvalue weighted by molar-refractivity contribution is -0.122. The highest BCUT2D eigenvalue weighted by molar-refractivity contribution is 6.31. The van der Waals surface area contributed by atoms with Crippen LogP contribution < -0.4 is 15.1 Å². The number of carbonyl (C=O) groups excluding carboxylic acids is 2. The Bertz CT molecular complexity index is 930. The van der Waals surface area contributed by atoms with Crippen molar-refractivity contribution in [1.82, 2.24) is 4.98 Å². The molecule has 140 valence electrons. The van der Waals surface area contributed by atoms with Gasteiger partial charge in [0.05, 0.1) is 10.7 Å². The van der Waals surface area contributed by atoms with E-state index in [0.717, 1.165) is 42.0 Å². The highest BCUT2D eigenvalue weighted by Crippen LogP contribution is 2.39. The molecule has 0 spiro atoms. The Hall–Kier alpha value is -2.60. The summed E-state index contributed by atoms with van der Waals surface area (Å²) in [5.41, 5.74) is 3.48. The molecule has 1 fully saturated rings. The molecule has 1 N–H and O–H groups in total. The topological polar surface area (TPSA) is 65.5 Å². The van der Waals surface area contributed by atoms with E-state index in [1.165, 1.54) is 4.90 Å². The fourth-order valence-corrected chi connectivity index (χ4v) is 3.95. The van der Waals surface area contributed by atoms with E-state index >= 15 is 0 Å². The highest BCUT2D eigenvalue weighted by atomic mass is 35.5. The Morgan fingerprint density at radius 3 is 3.00 bits per heavy atom. The van der Waals surface area contributed by atoms with Crippen molar-refractivity contribution in [3.63, 3.8) is 0 Å². The average molecular weight is 385 g/mol. The Morgan fingerprint density at radius 1 is 1.37 bits per heavy atom. The van der Waals surface area contributed by atoms with Crippen LogP contribution in [0.1, 0.15) is 24.0 Å². The molecule has 0 saturated carbocycles. The van der Waals surface area contributed by atoms with Crippen LogP contribution in [0.3, 0.4) is 0 Å². The maximum absolute atomic E-state index is 13.0. The van der Waals surface area contributed by atoms with Gasteiger partial charge in [-0.2, -0.15) is 0 Å². The van der Waals surface area contributed by atoms with Crippen molar-refractivity contribution in [2.24, 2.45) is 0 Å². The van der Waals surface area contributed by atoms with Crippen LogP contribution in [-0.2, 0) is 9.59 Å². The lowest BCUT2D eigenvalue weighted by Gasteiger charge is -2.38. The smallest absolute Gasteiger partial charge is 0.250 e. The first-order valence-corrected chi connectivity index (χ1v) is 9.43. The molecular formula is C20H21ClN4O2. The summed E-state index contributed by atoms with van der Waals surface area (Å²) < 4.78 is 0. The molecule has 1 atom stereocenters. The minimum Gasteiger partial charge on any atom is -0.343 e. The number of aryl methyl sites for hydroxylation is 1. The van der Waals surface area contributed by atoms with Crippen LogP contribution in [0.25, 0.3) is 0 Å². The molecule has 2 aromatic rings. The number of benzene rings is 1. The van der Waals surface area contributed by atoms with E-state index in [4.69, 9.17) is 11.6 Å². The number of hydrogen-bond donors (Lipinski definition) is 1. The number of aromatic nitrogens is 1. The van der Waals surface area contributed by atoms with Crippen molar-refractivity contribution in [2.45, 2.75) is 32.7 Å². The molecule has 6 nitrogen and oxygen atoms in total. The summed E-state index contributed by atoms with van der Waals surface area (Å²) in [5, 5.41) is 3.37. The number of nitrogens with one attached hydrogen (secondary N) is 1. The quantitative estimate of drug-likeness (QED) is 0.881. The van der Waals surface area contributed by atoms with Crippen molar-refractivity contribution in [3.8, 4) is 0 Å². The lowest BCUT2D eigenvalue weighted by atomic mass is 10.1. The first-order valence-electron chi connectivity index (χ1n) is 9.05. The SMILES string of the molecule is Cc1cccc(NC(=O)CN2C(=O)C3CCCN3c3ncc(Cl)cc32)c1C. The van der Waals surface area contributed by atoms with Gasteiger partial charge >= 0.3 is 0 Å². The van der Waals surface area contributed by atoms with E-state index in [2.05, 4.69) is 10.3 Å². The Kier molecular flexibility index (Phi) is 4.52. The van der Waals surface area contributed by atoms with Gasteiger partial charge in [-0.15, -0.1) is 0 Å². The predicted molar refractivity (Wildman–Crippen MR) is 107 cm³/mol. The molecule has 27 heavy (non-hydrogen) atoms. The summed E-state index contributed by atoms with van der Waals surface area (Å²) in [4.78, 5) is 33.7. The summed E-state index contributed by atoms with van der Waals surface area (Å²) in [7, 11) is 0. The number of pyridine rings is 1. The van der Waals surface area contributed by atoms with E-state index in [1.54, 1.807) is 12.3 Å². The zero-order valence-electron chi connectivity index (χ0n) is 15.3. The number of amides is 2. The number of fused-ring (bicyclic) bond motifs is 3. The fraction of sp³-hybridized carbons (Fsp3) is 0.350. The van der Waals surface area contributed by atoms with Gasteiger partial charge in [-0.3, -0.25) is 14.5 Å². The van der Waals surface area contributed by atoms with Crippen molar-refractivity contribution < 1.29 is 9.59 Å². The third-order valence-corrected chi connectivity index (χ3v) is 5.57. The van der Waals surface area contributed by atoms with Crippen LogP contribution in [0.4, 0.5) is 17.2 Å². The van der Waals surface area contributed by atoms with Gasteiger partial charge < -0.3 is 10.2 Å². The summed E-state index contributed by atoms with van der Waals surface area (Å²) in [6.45, 7) is 4.69. The van der Waals surface area contributed by atoms with Gasteiger partial charge in [-0.25, -0.2) is 4.98 Å². The predicted octanol–water partition coefficient (Wildman–Crippen LogP) is 3.31. The number of anilines is 3. The van der Waals surface area contributed by atoms with Crippen LogP contribution in [-0.4, -0.2) is 35.9 Å². The van der Waals surface area contributed by atoms with Crippen LogP contribution >= 0.6 is 11.6 Å². The zero-order chi connectivity index (χ0) is 19.1. The Morgan fingerprint density at radius 2 is 2.19 bits per heavy atom. The second-order valence-electron chi connectivity index (χ2n) is 7.07. The third kappa shape index (κ3) is 3.14. The van der Waals surface area contributed by atoms with Gasteiger partial charge in [-0.1, -0.05) is 23.7 Å². The van der Waals surface area contributed by atoms with E-state index < -0.39 is 0 Å². The molecular weight excluding hydrogens is 364 g/mol. The molecule has 0 radical (unpaired) electrons. The van der Waals surface area contributed by atoms with Gasteiger partial charge in [0.2, 0.25) is 11.8 Å². The normalized spacial score (nSPS) is 18.3. The van der Waals surface area contributed by atoms with Crippen molar-refractivity contribution >= 4 is 40.6 Å². The lowest BCUT2D eigenvalue weighted by Crippen LogP contribution is -2.53. The number of rotatable bonds is 3. The molecule has 2 aliphatic rings. The second-order valence-corrected chi connectivity index (χ2v) is 7.50. The summed E-state index contributed by atoms with van der Waals surface area (Å²) in [6.07, 6.45) is 3.29. The highest BCUT2D eigenvalue weighted by Gasteiger charge is 2.42. The average Bonchev–Trinajstić information content (AvgIpc) is 3.12. The summed E-state index contributed by atoms with van der Waals surface area (Å²) >= 11 is 6.12. The molecule has 2 amide bonds. The number of nitrogens with zero attached hydrogens (tertiary/aromatic N) is 3. The Balaban J connectivity index is 1.62. The van der Waals surface area contributed by atoms with E-state index in [-0.39, 0.29) is 24.4 Å². The van der Waals surface area contributed by atoms with E-state index in [0.29, 0.717) is 10.7 Å². The van der Waals surface area contributed by atoms with Crippen LogP contribution in [0, 0.1) is 13.8 Å². The van der Waals surface area contributed by atoms with Crippen LogP contribution in [0.2, 0.25) is 5.02 Å². The largest absolute Gasteiger partial charge is 0.343 e. The zero-order valence-corrected chi connectivity index (χ0v) is 16.1. The Labute approximate surface area is 163 Å². The summed E-state index contributed by atoms with van der Waals surface area (Å²) in [6, 6.07) is 7.22. The minimum absolute atomic E-state index is 0.0639. The van der Waals surface area contributed by atoms with Crippen molar-refractivity contribution in [2.75, 3.05) is 28.2 Å². The van der Waals surface area contributed by atoms with Gasteiger partial charge in [-0.05, 0) is 49.9 Å². The molecule has 1 aromatic carbocycles. The van der Waals surface area contributed by atoms with Gasteiger partial charge in [0.1, 0.15) is 12.6 Å². The molecule has 1 unspecified atom stereocenters. The van der Waals surface area contributed by atoms with Crippen LogP contribution in [0.5, 0.6) is 0 Å². The van der Waals surface area contributed by atoms with Crippen molar-refractivity contribution in [1.29, 1.82) is 0 Å². The maximum atomic E-state index is 13.0. The number of hydrogen-bond acceptors (Lipinski definition) is 4. The summed E-state index contributed by atoms with van der Waals surface area (Å²) in [5.74, 6) is 0.413. The molecule has 7 heteroatoms. The number of carbonyl (C=O) groups is 2. The second kappa shape index (κ2) is 6.85. The van der Waals surface area contributed by atoms with Crippen molar-refractivity contribution in [3.05, 3.63) is 46.6 Å². The van der Waals surface area contributed by atoms with Gasteiger partial charge in [0.15, 0.2) is 5.82 Å². The van der Waals surface area contributed by atoms with E-state index in [9.17, 15) is 9.59 Å².